The van der Waals surface area contributed by atoms with Crippen LogP contribution in [0.1, 0.15) is 40.8 Å². The number of esters is 1. The number of carbonyl (C=O) groups excluding carboxylic acids is 1. The summed E-state index contributed by atoms with van der Waals surface area (Å²) in [5.74, 6) is -0.560. The van der Waals surface area contributed by atoms with Gasteiger partial charge in [-0.15, -0.1) is 0 Å². The summed E-state index contributed by atoms with van der Waals surface area (Å²) in [6, 6.07) is -1.01. The maximum atomic E-state index is 16.2. The van der Waals surface area contributed by atoms with Gasteiger partial charge in [0.05, 0.1) is 25.6 Å². The number of nitrogen functional groups attached to an aromatic ring is 1. The minimum atomic E-state index is -4.05. The number of nitrogens with two attached hydrogens (primary N) is 1. The number of imidazole rings is 1. The maximum Gasteiger partial charge on any atom is 0.406 e. The summed E-state index contributed by atoms with van der Waals surface area (Å²) in [5, 5.41) is 2.50. The monoisotopic (exact) mass is 502 g/mol. The Labute approximate surface area is 195 Å². The summed E-state index contributed by atoms with van der Waals surface area (Å²) in [4.78, 5) is 24.5. The molecule has 4 heterocycles. The Kier molecular flexibility index (Phi) is 6.55. The summed E-state index contributed by atoms with van der Waals surface area (Å²) < 4.78 is 58.1. The van der Waals surface area contributed by atoms with Gasteiger partial charge in [0.25, 0.3) is 0 Å². The Morgan fingerprint density at radius 3 is 2.85 bits per heavy atom. The van der Waals surface area contributed by atoms with Gasteiger partial charge in [0, 0.05) is 0 Å². The number of aromatic nitrogens is 4. The fourth-order valence-electron chi connectivity index (χ4n) is 3.87. The van der Waals surface area contributed by atoms with Crippen LogP contribution in [0.25, 0.3) is 11.2 Å². The number of fused-ring (bicyclic) bond motifs is 2. The Morgan fingerprint density at radius 2 is 2.18 bits per heavy atom. The third kappa shape index (κ3) is 4.48. The van der Waals surface area contributed by atoms with Crippen LogP contribution in [0.15, 0.2) is 6.33 Å². The zero-order valence-electron chi connectivity index (χ0n) is 19.4. The van der Waals surface area contributed by atoms with E-state index in [2.05, 4.69) is 20.0 Å². The molecule has 0 aromatic carbocycles. The van der Waals surface area contributed by atoms with Crippen LogP contribution in [0, 0.1) is 0 Å². The van der Waals surface area contributed by atoms with Crippen LogP contribution in [0.4, 0.5) is 10.3 Å². The standard InChI is InChI=1S/C19H28FN6O7P/c1-6-29-15-12-14(23-18(21)24-15)26(8-22-12)17-19(5,20)13-11(32-17)7-30-34(28,33-13)25-10(4)16(27)31-9(2)3/h8-11,13,17H,6-7H2,1-5H3,(H,25,28)(H2,21,23,24)/t10?,11-,13-,17-,19-,34?/m1/s1. The van der Waals surface area contributed by atoms with Crippen LogP contribution < -0.4 is 15.6 Å². The first-order valence-electron chi connectivity index (χ1n) is 10.8. The number of ether oxygens (including phenoxy) is 3. The zero-order valence-corrected chi connectivity index (χ0v) is 20.3. The first-order chi connectivity index (χ1) is 15.9. The molecule has 0 spiro atoms. The summed E-state index contributed by atoms with van der Waals surface area (Å²) in [7, 11) is -4.05. The van der Waals surface area contributed by atoms with Crippen LogP contribution >= 0.6 is 7.75 Å². The smallest absolute Gasteiger partial charge is 0.406 e. The van der Waals surface area contributed by atoms with Crippen LogP contribution in [-0.4, -0.2) is 68.7 Å². The Bertz CT molecular complexity index is 1130. The summed E-state index contributed by atoms with van der Waals surface area (Å²) in [6.07, 6.45) is -2.44. The lowest BCUT2D eigenvalue weighted by Gasteiger charge is -2.35. The number of hydrogen-bond donors (Lipinski definition) is 2. The highest BCUT2D eigenvalue weighted by Crippen LogP contribution is 2.57. The van der Waals surface area contributed by atoms with Gasteiger partial charge in [-0.3, -0.25) is 18.4 Å². The molecule has 3 N–H and O–H groups in total. The number of alkyl halides is 1. The van der Waals surface area contributed by atoms with Crippen LogP contribution in [0.2, 0.25) is 0 Å². The molecule has 2 saturated heterocycles. The van der Waals surface area contributed by atoms with Crippen molar-refractivity contribution in [1.29, 1.82) is 0 Å². The second-order valence-corrected chi connectivity index (χ2v) is 10.2. The molecule has 2 fully saturated rings. The topological polar surface area (TPSA) is 162 Å². The largest absolute Gasteiger partial charge is 0.476 e. The predicted octanol–water partition coefficient (Wildman–Crippen LogP) is 1.89. The van der Waals surface area contributed by atoms with Gasteiger partial charge in [-0.25, -0.2) is 19.0 Å². The van der Waals surface area contributed by atoms with Crippen molar-refractivity contribution < 1.29 is 37.0 Å². The van der Waals surface area contributed by atoms with Crippen molar-refractivity contribution in [2.45, 2.75) is 70.9 Å². The Balaban J connectivity index is 1.58. The third-order valence-corrected chi connectivity index (χ3v) is 7.04. The minimum absolute atomic E-state index is 0.0794. The molecule has 2 aliphatic rings. The van der Waals surface area contributed by atoms with Gasteiger partial charge in [0.1, 0.15) is 18.2 Å². The lowest BCUT2D eigenvalue weighted by Crippen LogP contribution is -2.47. The van der Waals surface area contributed by atoms with Crippen molar-refractivity contribution >= 4 is 30.8 Å². The number of nitrogens with one attached hydrogen (secondary N) is 1. The van der Waals surface area contributed by atoms with Gasteiger partial charge >= 0.3 is 13.7 Å². The molecule has 6 atom stereocenters. The number of nitrogens with zero attached hydrogens (tertiary/aromatic N) is 4. The van der Waals surface area contributed by atoms with E-state index < -0.39 is 43.9 Å². The minimum Gasteiger partial charge on any atom is -0.476 e. The van der Waals surface area contributed by atoms with E-state index in [0.717, 1.165) is 0 Å². The van der Waals surface area contributed by atoms with Crippen molar-refractivity contribution in [3.8, 4) is 5.88 Å². The average Bonchev–Trinajstić information content (AvgIpc) is 3.25. The molecule has 34 heavy (non-hydrogen) atoms. The third-order valence-electron chi connectivity index (χ3n) is 5.34. The number of anilines is 1. The molecule has 2 unspecified atom stereocenters. The maximum absolute atomic E-state index is 16.2. The quantitative estimate of drug-likeness (QED) is 0.418. The highest BCUT2D eigenvalue weighted by Gasteiger charge is 2.61. The predicted molar refractivity (Wildman–Crippen MR) is 117 cm³/mol. The van der Waals surface area contributed by atoms with E-state index in [4.69, 9.17) is 29.0 Å². The first kappa shape index (κ1) is 24.7. The van der Waals surface area contributed by atoms with Gasteiger partial charge < -0.3 is 19.9 Å². The van der Waals surface area contributed by atoms with Gasteiger partial charge in [0.2, 0.25) is 11.8 Å². The molecule has 0 radical (unpaired) electrons. The molecule has 0 saturated carbocycles. The second-order valence-electron chi connectivity index (χ2n) is 8.48. The molecule has 188 valence electrons. The van der Waals surface area contributed by atoms with Crippen LogP contribution in [-0.2, 0) is 27.9 Å². The van der Waals surface area contributed by atoms with Gasteiger partial charge in [-0.2, -0.15) is 9.97 Å². The van der Waals surface area contributed by atoms with Crippen LogP contribution in [0.3, 0.4) is 0 Å². The Hall–Kier alpha value is -2.38. The molecule has 2 aliphatic heterocycles. The lowest BCUT2D eigenvalue weighted by atomic mass is 9.98. The van der Waals surface area contributed by atoms with Crippen molar-refractivity contribution in [2.75, 3.05) is 18.9 Å². The van der Waals surface area contributed by atoms with Gasteiger partial charge in [-0.05, 0) is 34.6 Å². The van der Waals surface area contributed by atoms with E-state index in [0.29, 0.717) is 6.61 Å². The number of halogens is 1. The van der Waals surface area contributed by atoms with E-state index in [9.17, 15) is 9.36 Å². The molecule has 0 aliphatic carbocycles. The molecule has 15 heteroatoms. The number of hydrogen-bond acceptors (Lipinski definition) is 11. The molecule has 0 bridgehead atoms. The van der Waals surface area contributed by atoms with Crippen molar-refractivity contribution in [2.24, 2.45) is 0 Å². The molecular weight excluding hydrogens is 474 g/mol. The average molecular weight is 502 g/mol. The molecule has 2 aromatic rings. The van der Waals surface area contributed by atoms with E-state index in [1.807, 2.05) is 0 Å². The fourth-order valence-corrected chi connectivity index (χ4v) is 5.63. The summed E-state index contributed by atoms with van der Waals surface area (Å²) >= 11 is 0. The van der Waals surface area contributed by atoms with E-state index in [-0.39, 0.29) is 35.7 Å². The SMILES string of the molecule is CCOc1nc(N)nc2c1ncn2[C@@H]1O[C@@H]2COP(=O)(NC(C)C(=O)OC(C)C)O[C@H]2[C@@]1(C)F. The first-order valence-corrected chi connectivity index (χ1v) is 12.4. The zero-order chi connectivity index (χ0) is 24.8. The van der Waals surface area contributed by atoms with Crippen molar-refractivity contribution in [3.05, 3.63) is 6.33 Å². The molecular formula is C19H28FN6O7P. The summed E-state index contributed by atoms with van der Waals surface area (Å²) in [6.45, 7) is 7.94. The summed E-state index contributed by atoms with van der Waals surface area (Å²) in [5.41, 5.74) is 4.10. The Morgan fingerprint density at radius 1 is 1.44 bits per heavy atom. The fraction of sp³-hybridized carbons (Fsp3) is 0.684. The normalized spacial score (nSPS) is 32.0. The van der Waals surface area contributed by atoms with Crippen LogP contribution in [0.5, 0.6) is 5.88 Å². The highest BCUT2D eigenvalue weighted by atomic mass is 31.2. The molecule has 0 amide bonds. The van der Waals surface area contributed by atoms with E-state index in [1.54, 1.807) is 20.8 Å². The van der Waals surface area contributed by atoms with Crippen molar-refractivity contribution in [1.82, 2.24) is 24.6 Å². The lowest BCUT2D eigenvalue weighted by molar-refractivity contribution is -0.149. The van der Waals surface area contributed by atoms with E-state index in [1.165, 1.54) is 24.7 Å². The number of carbonyl (C=O) groups is 1. The highest BCUT2D eigenvalue weighted by molar-refractivity contribution is 7.51. The molecule has 2 aromatic heterocycles. The second kappa shape index (κ2) is 9.00. The van der Waals surface area contributed by atoms with Gasteiger partial charge in [0.15, 0.2) is 23.1 Å². The number of rotatable bonds is 7. The van der Waals surface area contributed by atoms with E-state index >= 15 is 4.39 Å². The molecule has 13 nitrogen and oxygen atoms in total. The van der Waals surface area contributed by atoms with Crippen molar-refractivity contribution in [3.63, 3.8) is 0 Å². The van der Waals surface area contributed by atoms with Gasteiger partial charge in [-0.1, -0.05) is 0 Å². The molecule has 4 rings (SSSR count).